The molecule has 0 unspecified atom stereocenters. The van der Waals surface area contributed by atoms with Crippen molar-refractivity contribution in [1.82, 2.24) is 0 Å². The quantitative estimate of drug-likeness (QED) is 0.110. The highest BCUT2D eigenvalue weighted by atomic mass is 28.4. The molecule has 60 heavy (non-hydrogen) atoms. The van der Waals surface area contributed by atoms with Gasteiger partial charge in [0.15, 0.2) is 8.32 Å². The Kier molecular flexibility index (Phi) is 16.1. The number of carboxylic acids is 1. The Morgan fingerprint density at radius 2 is 1.33 bits per heavy atom. The maximum Gasteiger partial charge on any atom is 0.306 e. The van der Waals surface area contributed by atoms with Crippen LogP contribution >= 0.6 is 0 Å². The minimum atomic E-state index is -2.68. The third-order valence-electron chi connectivity index (χ3n) is 15.2. The van der Waals surface area contributed by atoms with Crippen LogP contribution in [0.5, 0.6) is 0 Å². The molecule has 5 rings (SSSR count). The van der Waals surface area contributed by atoms with E-state index in [9.17, 15) is 9.90 Å². The molecule has 2 aromatic rings. The Morgan fingerprint density at radius 3 is 1.80 bits per heavy atom. The monoisotopic (exact) mass is 883 g/mol. The molecule has 8 atom stereocenters. The summed E-state index contributed by atoms with van der Waals surface area (Å²) in [4.78, 5) is 12.3. The molecule has 3 heterocycles. The smallest absolute Gasteiger partial charge is 0.306 e. The number of aliphatic carboxylic acids is 1. The molecule has 338 valence electrons. The molecule has 2 aromatic carbocycles. The number of fused-ring (bicyclic) bond motifs is 2. The van der Waals surface area contributed by atoms with Gasteiger partial charge in [0.05, 0.1) is 48.6 Å². The Morgan fingerprint density at radius 1 is 0.800 bits per heavy atom. The van der Waals surface area contributed by atoms with Gasteiger partial charge in [-0.15, -0.1) is 0 Å². The predicted molar refractivity (Wildman–Crippen MR) is 252 cm³/mol. The van der Waals surface area contributed by atoms with Crippen molar-refractivity contribution in [3.05, 3.63) is 60.7 Å². The third kappa shape index (κ3) is 9.70. The van der Waals surface area contributed by atoms with Gasteiger partial charge >= 0.3 is 5.97 Å². The Labute approximate surface area is 367 Å². The summed E-state index contributed by atoms with van der Waals surface area (Å²) in [5.74, 6) is -0.865. The van der Waals surface area contributed by atoms with E-state index in [1.807, 2.05) is 0 Å². The largest absolute Gasteiger partial charge is 0.481 e. The highest BCUT2D eigenvalue weighted by Gasteiger charge is 2.64. The van der Waals surface area contributed by atoms with Crippen LogP contribution in [0.2, 0.25) is 39.8 Å². The number of hydrogen-bond donors (Lipinski definition) is 1. The summed E-state index contributed by atoms with van der Waals surface area (Å²) in [5.41, 5.74) is -0.188. The van der Waals surface area contributed by atoms with Gasteiger partial charge in [-0.25, -0.2) is 0 Å². The van der Waals surface area contributed by atoms with E-state index in [0.29, 0.717) is 36.1 Å². The van der Waals surface area contributed by atoms with E-state index in [-0.39, 0.29) is 42.0 Å². The first-order chi connectivity index (χ1) is 28.2. The minimum Gasteiger partial charge on any atom is -0.481 e. The Hall–Kier alpha value is -1.68. The molecule has 0 amide bonds. The molecule has 1 N–H and O–H groups in total. The van der Waals surface area contributed by atoms with Crippen LogP contribution in [0.15, 0.2) is 60.7 Å². The van der Waals surface area contributed by atoms with Gasteiger partial charge in [-0.2, -0.15) is 0 Å². The molecule has 3 aliphatic heterocycles. The predicted octanol–water partition coefficient (Wildman–Crippen LogP) is 11.0. The summed E-state index contributed by atoms with van der Waals surface area (Å²) in [6, 6.07) is 24.7. The first-order valence-electron chi connectivity index (χ1n) is 23.5. The summed E-state index contributed by atoms with van der Waals surface area (Å²) < 4.78 is 43.9. The summed E-state index contributed by atoms with van der Waals surface area (Å²) >= 11 is 0. The van der Waals surface area contributed by atoms with Gasteiger partial charge in [0.2, 0.25) is 8.32 Å². The van der Waals surface area contributed by atoms with Gasteiger partial charge < -0.3 is 32.6 Å². The first kappa shape index (κ1) is 49.3. The lowest BCUT2D eigenvalue weighted by molar-refractivity contribution is -0.352. The van der Waals surface area contributed by atoms with E-state index < -0.39 is 48.2 Å². The summed E-state index contributed by atoms with van der Waals surface area (Å²) in [6.07, 6.45) is 1.80. The molecule has 3 fully saturated rings. The van der Waals surface area contributed by atoms with Crippen LogP contribution in [0.4, 0.5) is 0 Å². The van der Waals surface area contributed by atoms with Crippen molar-refractivity contribution in [3.8, 4) is 0 Å². The third-order valence-corrected chi connectivity index (χ3v) is 31.0. The van der Waals surface area contributed by atoms with Crippen molar-refractivity contribution in [1.29, 1.82) is 0 Å². The molecule has 0 bridgehead atoms. The second-order valence-corrected chi connectivity index (χ2v) is 35.2. The summed E-state index contributed by atoms with van der Waals surface area (Å²) in [5, 5.41) is 12.6. The molecule has 0 saturated carbocycles. The number of carboxylic acid groups (broad SMARTS) is 1. The Balaban J connectivity index is 1.46. The molecule has 3 saturated heterocycles. The zero-order valence-corrected chi connectivity index (χ0v) is 42.8. The SMILES string of the molecule is CC[Si](CC)(CC)O[C@H]1C[C@@]2(C)O[C@@]3(C)[C@@H](O[Si](C(C)C)(C(C)C)C(C)C)C[C@H](CCCO[Si](c4ccccc4)(c4ccccc4)C(C)(C)C)O[C@@H]3C[C@@H]2O[C@@H]1CC(=O)O. The van der Waals surface area contributed by atoms with Crippen molar-refractivity contribution in [3.63, 3.8) is 0 Å². The van der Waals surface area contributed by atoms with Gasteiger partial charge in [0.25, 0.3) is 8.32 Å². The maximum atomic E-state index is 12.3. The summed E-state index contributed by atoms with van der Waals surface area (Å²) in [6.45, 7) is 32.8. The second kappa shape index (κ2) is 19.6. The molecule has 3 aliphatic rings. The van der Waals surface area contributed by atoms with Gasteiger partial charge in [0.1, 0.15) is 5.60 Å². The van der Waals surface area contributed by atoms with Crippen LogP contribution in [0.25, 0.3) is 0 Å². The molecule has 0 radical (unpaired) electrons. The van der Waals surface area contributed by atoms with Crippen molar-refractivity contribution >= 4 is 41.3 Å². The molecule has 8 nitrogen and oxygen atoms in total. The van der Waals surface area contributed by atoms with Crippen molar-refractivity contribution in [2.24, 2.45) is 0 Å². The van der Waals surface area contributed by atoms with Crippen LogP contribution in [0, 0.1) is 0 Å². The van der Waals surface area contributed by atoms with E-state index in [1.165, 1.54) is 10.4 Å². The standard InChI is InChI=1S/C49H82O8Si3/c1-15-58(16-2,17-3)55-42-34-48(13)43(54-41(42)32-46(50)51)33-44-49(14,57-48)45(56-59(35(4)5,36(6)7)37(8)9)31-38(53-44)25-24-30-52-60(47(10,11)12,39-26-20-18-21-27-39)40-28-22-19-23-29-40/h18-23,26-29,35-38,41-45H,15-17,24-25,30-34H2,1-14H3,(H,50,51)/t38-,41+,42-,43-,44+,45-,48+,49+/m0/s1. The fraction of sp³-hybridized carbons (Fsp3) is 0.735. The van der Waals surface area contributed by atoms with Crippen LogP contribution < -0.4 is 10.4 Å². The number of hydrogen-bond acceptors (Lipinski definition) is 7. The van der Waals surface area contributed by atoms with E-state index >= 15 is 0 Å². The zero-order chi connectivity index (χ0) is 44.3. The van der Waals surface area contributed by atoms with Crippen molar-refractivity contribution in [2.45, 2.75) is 223 Å². The average Bonchev–Trinajstić information content (AvgIpc) is 3.18. The van der Waals surface area contributed by atoms with Gasteiger partial charge in [0, 0.05) is 25.9 Å². The second-order valence-electron chi connectivity index (χ2n) is 20.8. The van der Waals surface area contributed by atoms with Gasteiger partial charge in [-0.05, 0) is 76.9 Å². The normalized spacial score (nSPS) is 29.1. The molecule has 0 aliphatic carbocycles. The van der Waals surface area contributed by atoms with E-state index in [1.54, 1.807) is 0 Å². The van der Waals surface area contributed by atoms with E-state index in [2.05, 4.69) is 158 Å². The maximum absolute atomic E-state index is 12.3. The molecule has 0 spiro atoms. The lowest BCUT2D eigenvalue weighted by Gasteiger charge is -2.62. The number of benzene rings is 2. The number of ether oxygens (including phenoxy) is 3. The number of rotatable bonds is 19. The van der Waals surface area contributed by atoms with E-state index in [0.717, 1.165) is 37.4 Å². The highest BCUT2D eigenvalue weighted by Crippen LogP contribution is 2.53. The van der Waals surface area contributed by atoms with E-state index in [4.69, 9.17) is 27.5 Å². The van der Waals surface area contributed by atoms with Crippen molar-refractivity contribution in [2.75, 3.05) is 6.61 Å². The fourth-order valence-electron chi connectivity index (χ4n) is 11.8. The Bertz CT molecular complexity index is 1590. The molecule has 0 aromatic heterocycles. The van der Waals surface area contributed by atoms with Crippen molar-refractivity contribution < 1.29 is 37.4 Å². The first-order valence-corrected chi connectivity index (χ1v) is 30.1. The minimum absolute atomic E-state index is 0.0539. The fourth-order valence-corrected chi connectivity index (χ4v) is 25.0. The van der Waals surface area contributed by atoms with Crippen LogP contribution in [-0.4, -0.2) is 90.5 Å². The van der Waals surface area contributed by atoms with Gasteiger partial charge in [-0.1, -0.05) is 144 Å². The zero-order valence-electron chi connectivity index (χ0n) is 39.8. The van der Waals surface area contributed by atoms with Crippen LogP contribution in [0.1, 0.15) is 135 Å². The van der Waals surface area contributed by atoms with Crippen LogP contribution in [0.3, 0.4) is 0 Å². The van der Waals surface area contributed by atoms with Gasteiger partial charge in [-0.3, -0.25) is 4.79 Å². The molecular weight excluding hydrogens is 801 g/mol. The van der Waals surface area contributed by atoms with Crippen LogP contribution in [-0.2, 0) is 32.3 Å². The average molecular weight is 883 g/mol. The highest BCUT2D eigenvalue weighted by molar-refractivity contribution is 6.99. The molecular formula is C49H82O8Si3. The molecule has 11 heteroatoms. The summed E-state index contributed by atoms with van der Waals surface area (Å²) in [7, 11) is -7.12. The lowest BCUT2D eigenvalue weighted by atomic mass is 9.73. The topological polar surface area (TPSA) is 92.7 Å². The number of carbonyl (C=O) groups is 1. The lowest BCUT2D eigenvalue weighted by Crippen LogP contribution is -2.73.